The highest BCUT2D eigenvalue weighted by molar-refractivity contribution is 5.70. The van der Waals surface area contributed by atoms with Crippen LogP contribution in [0.1, 0.15) is 24.0 Å². The minimum absolute atomic E-state index is 0.0819. The molecular formula is C14H10F6O. The Bertz CT molecular complexity index is 627. The lowest BCUT2D eigenvalue weighted by atomic mass is 9.94. The smallest absolute Gasteiger partial charge is 0.407 e. The van der Waals surface area contributed by atoms with Crippen molar-refractivity contribution in [1.82, 2.24) is 0 Å². The highest BCUT2D eigenvalue weighted by Crippen LogP contribution is 2.36. The largest absolute Gasteiger partial charge is 0.572 e. The second-order valence-electron chi connectivity index (χ2n) is 4.55. The van der Waals surface area contributed by atoms with Gasteiger partial charge >= 0.3 is 6.36 Å². The first kappa shape index (κ1) is 15.5. The number of aryl methyl sites for hydroxylation is 1. The summed E-state index contributed by atoms with van der Waals surface area (Å²) in [5.74, 6) is -4.31. The summed E-state index contributed by atoms with van der Waals surface area (Å²) in [6, 6.07) is 2.58. The Hall–Kier alpha value is -1.92. The molecule has 0 unspecified atom stereocenters. The number of benzene rings is 1. The molecule has 1 aliphatic rings. The van der Waals surface area contributed by atoms with Gasteiger partial charge in [-0.3, -0.25) is 0 Å². The van der Waals surface area contributed by atoms with Gasteiger partial charge in [0.15, 0.2) is 17.5 Å². The SMILES string of the molecule is Cc1ccc(C2=CC(F)=C(OC(F)(F)F)CC2)c(F)c1F. The molecule has 1 aliphatic carbocycles. The highest BCUT2D eigenvalue weighted by Gasteiger charge is 2.34. The van der Waals surface area contributed by atoms with Gasteiger partial charge in [0.05, 0.1) is 0 Å². The van der Waals surface area contributed by atoms with Gasteiger partial charge in [-0.1, -0.05) is 12.1 Å². The molecule has 21 heavy (non-hydrogen) atoms. The molecule has 0 aliphatic heterocycles. The summed E-state index contributed by atoms with van der Waals surface area (Å²) in [4.78, 5) is 0. The number of allylic oxidation sites excluding steroid dienone is 4. The van der Waals surface area contributed by atoms with Crippen LogP contribution in [0.25, 0.3) is 5.57 Å². The average Bonchev–Trinajstić information content (AvgIpc) is 2.37. The standard InChI is InChI=1S/C14H10F6O/c1-7-2-4-9(13(17)12(7)16)8-3-5-11(10(15)6-8)21-14(18,19)20/h2,4,6H,3,5H2,1H3. The normalized spacial score (nSPS) is 16.0. The molecule has 114 valence electrons. The lowest BCUT2D eigenvalue weighted by Crippen LogP contribution is -2.15. The Morgan fingerprint density at radius 2 is 1.67 bits per heavy atom. The summed E-state index contributed by atoms with van der Waals surface area (Å²) in [5, 5.41) is 0. The van der Waals surface area contributed by atoms with Gasteiger partial charge in [-0.15, -0.1) is 13.2 Å². The maximum absolute atomic E-state index is 13.8. The van der Waals surface area contributed by atoms with Gasteiger partial charge < -0.3 is 4.74 Å². The van der Waals surface area contributed by atoms with Crippen LogP contribution in [0.15, 0.2) is 29.8 Å². The zero-order chi connectivity index (χ0) is 15.8. The van der Waals surface area contributed by atoms with Gasteiger partial charge in [0.2, 0.25) is 0 Å². The van der Waals surface area contributed by atoms with E-state index in [1.54, 1.807) is 0 Å². The molecular weight excluding hydrogens is 298 g/mol. The fourth-order valence-electron chi connectivity index (χ4n) is 2.02. The Morgan fingerprint density at radius 1 is 1.00 bits per heavy atom. The predicted octanol–water partition coefficient (Wildman–Crippen LogP) is 5.17. The molecule has 0 saturated carbocycles. The van der Waals surface area contributed by atoms with Crippen molar-refractivity contribution in [2.75, 3.05) is 0 Å². The van der Waals surface area contributed by atoms with Crippen LogP contribution in [0.2, 0.25) is 0 Å². The van der Waals surface area contributed by atoms with Gasteiger partial charge in [-0.05, 0) is 30.6 Å². The van der Waals surface area contributed by atoms with Crippen LogP contribution in [-0.2, 0) is 4.74 Å². The van der Waals surface area contributed by atoms with Crippen LogP contribution in [0.4, 0.5) is 26.3 Å². The van der Waals surface area contributed by atoms with Crippen molar-refractivity contribution in [2.45, 2.75) is 26.1 Å². The molecule has 1 aromatic rings. The maximum Gasteiger partial charge on any atom is 0.572 e. The number of hydrogen-bond donors (Lipinski definition) is 0. The van der Waals surface area contributed by atoms with Crippen LogP contribution in [0, 0.1) is 18.6 Å². The summed E-state index contributed by atoms with van der Waals surface area (Å²) in [6.07, 6.45) is -4.72. The van der Waals surface area contributed by atoms with Gasteiger partial charge in [0.1, 0.15) is 5.76 Å². The molecule has 0 heterocycles. The summed E-state index contributed by atoms with van der Waals surface area (Å²) in [6.45, 7) is 1.37. The fourth-order valence-corrected chi connectivity index (χ4v) is 2.02. The van der Waals surface area contributed by atoms with Crippen LogP contribution in [-0.4, -0.2) is 6.36 Å². The first-order valence-corrected chi connectivity index (χ1v) is 5.99. The molecule has 0 saturated heterocycles. The second kappa shape index (κ2) is 5.46. The van der Waals surface area contributed by atoms with E-state index in [0.717, 1.165) is 6.08 Å². The summed E-state index contributed by atoms with van der Waals surface area (Å²) >= 11 is 0. The summed E-state index contributed by atoms with van der Waals surface area (Å²) < 4.78 is 80.5. The lowest BCUT2D eigenvalue weighted by molar-refractivity contribution is -0.307. The molecule has 1 aromatic carbocycles. The molecule has 0 amide bonds. The Kier molecular flexibility index (Phi) is 4.02. The minimum atomic E-state index is -4.99. The van der Waals surface area contributed by atoms with Crippen molar-refractivity contribution in [3.05, 3.63) is 52.6 Å². The van der Waals surface area contributed by atoms with E-state index in [1.807, 2.05) is 0 Å². The Morgan fingerprint density at radius 3 is 2.24 bits per heavy atom. The molecule has 0 aromatic heterocycles. The van der Waals surface area contributed by atoms with Crippen molar-refractivity contribution in [1.29, 1.82) is 0 Å². The van der Waals surface area contributed by atoms with Crippen LogP contribution >= 0.6 is 0 Å². The maximum atomic E-state index is 13.8. The van der Waals surface area contributed by atoms with E-state index in [4.69, 9.17) is 0 Å². The van der Waals surface area contributed by atoms with Gasteiger partial charge in [0, 0.05) is 12.0 Å². The quantitative estimate of drug-likeness (QED) is 0.685. The average molecular weight is 308 g/mol. The minimum Gasteiger partial charge on any atom is -0.407 e. The van der Waals surface area contributed by atoms with E-state index in [0.29, 0.717) is 0 Å². The third-order valence-electron chi connectivity index (χ3n) is 3.05. The van der Waals surface area contributed by atoms with Gasteiger partial charge in [-0.2, -0.15) is 0 Å². The highest BCUT2D eigenvalue weighted by atomic mass is 19.4. The fraction of sp³-hybridized carbons (Fsp3) is 0.286. The van der Waals surface area contributed by atoms with E-state index < -0.39 is 29.6 Å². The summed E-state index contributed by atoms with van der Waals surface area (Å²) in [7, 11) is 0. The van der Waals surface area contributed by atoms with E-state index in [1.165, 1.54) is 19.1 Å². The third-order valence-corrected chi connectivity index (χ3v) is 3.05. The van der Waals surface area contributed by atoms with Crippen molar-refractivity contribution in [3.8, 4) is 0 Å². The topological polar surface area (TPSA) is 9.23 Å². The first-order valence-electron chi connectivity index (χ1n) is 5.99. The third kappa shape index (κ3) is 3.40. The number of halogens is 6. The Balaban J connectivity index is 2.36. The number of alkyl halides is 3. The number of hydrogen-bond acceptors (Lipinski definition) is 1. The molecule has 1 nitrogen and oxygen atoms in total. The van der Waals surface area contributed by atoms with Crippen molar-refractivity contribution < 1.29 is 31.1 Å². The van der Waals surface area contributed by atoms with Crippen molar-refractivity contribution in [2.24, 2.45) is 0 Å². The van der Waals surface area contributed by atoms with E-state index in [-0.39, 0.29) is 29.5 Å². The van der Waals surface area contributed by atoms with Gasteiger partial charge in [-0.25, -0.2) is 13.2 Å². The van der Waals surface area contributed by atoms with E-state index in [9.17, 15) is 26.3 Å². The zero-order valence-electron chi connectivity index (χ0n) is 10.8. The monoisotopic (exact) mass is 308 g/mol. The summed E-state index contributed by atoms with van der Waals surface area (Å²) in [5.41, 5.74) is 0.00232. The zero-order valence-corrected chi connectivity index (χ0v) is 10.8. The molecule has 0 fully saturated rings. The van der Waals surface area contributed by atoms with Crippen LogP contribution < -0.4 is 0 Å². The lowest BCUT2D eigenvalue weighted by Gasteiger charge is -2.19. The second-order valence-corrected chi connectivity index (χ2v) is 4.55. The molecule has 0 spiro atoms. The van der Waals surface area contributed by atoms with Crippen molar-refractivity contribution >= 4 is 5.57 Å². The molecule has 0 bridgehead atoms. The molecule has 0 N–H and O–H groups in total. The van der Waals surface area contributed by atoms with E-state index >= 15 is 0 Å². The molecule has 2 rings (SSSR count). The van der Waals surface area contributed by atoms with E-state index in [2.05, 4.69) is 4.74 Å². The van der Waals surface area contributed by atoms with Crippen LogP contribution in [0.3, 0.4) is 0 Å². The van der Waals surface area contributed by atoms with Crippen LogP contribution in [0.5, 0.6) is 0 Å². The molecule has 0 atom stereocenters. The van der Waals surface area contributed by atoms with Crippen molar-refractivity contribution in [3.63, 3.8) is 0 Å². The molecule has 7 heteroatoms. The Labute approximate surface area is 116 Å². The number of ether oxygens (including phenoxy) is 1. The predicted molar refractivity (Wildman–Crippen MR) is 63.6 cm³/mol. The van der Waals surface area contributed by atoms with Gasteiger partial charge in [0.25, 0.3) is 0 Å². The molecule has 0 radical (unpaired) electrons. The first-order chi connectivity index (χ1) is 9.69. The number of rotatable bonds is 2.